The van der Waals surface area contributed by atoms with Crippen LogP contribution in [0.5, 0.6) is 0 Å². The molecule has 4 heteroatoms. The van der Waals surface area contributed by atoms with Crippen molar-refractivity contribution in [3.63, 3.8) is 0 Å². The van der Waals surface area contributed by atoms with Crippen molar-refractivity contribution >= 4 is 11.9 Å². The van der Waals surface area contributed by atoms with Gasteiger partial charge in [-0.1, -0.05) is 56.2 Å². The monoisotopic (exact) mass is 354 g/mol. The highest BCUT2D eigenvalue weighted by Crippen LogP contribution is 2.17. The number of ether oxygens (including phenoxy) is 2. The van der Waals surface area contributed by atoms with Crippen molar-refractivity contribution in [3.8, 4) is 0 Å². The zero-order valence-electron chi connectivity index (χ0n) is 15.4. The normalized spacial score (nSPS) is 12.8. The lowest BCUT2D eigenvalue weighted by Crippen LogP contribution is -2.26. The second-order valence-corrected chi connectivity index (χ2v) is 6.35. The van der Waals surface area contributed by atoms with Gasteiger partial charge in [-0.25, -0.2) is 9.59 Å². The number of esters is 2. The van der Waals surface area contributed by atoms with Gasteiger partial charge in [-0.2, -0.15) is 0 Å². The summed E-state index contributed by atoms with van der Waals surface area (Å²) < 4.78 is 11.2. The minimum atomic E-state index is -0.360. The molecule has 0 N–H and O–H groups in total. The molecule has 0 bridgehead atoms. The van der Waals surface area contributed by atoms with Crippen LogP contribution in [0.15, 0.2) is 60.7 Å². The van der Waals surface area contributed by atoms with Gasteiger partial charge in [0, 0.05) is 6.42 Å². The molecule has 0 heterocycles. The first-order valence-electron chi connectivity index (χ1n) is 9.12. The van der Waals surface area contributed by atoms with Crippen molar-refractivity contribution in [1.29, 1.82) is 0 Å². The van der Waals surface area contributed by atoms with Crippen LogP contribution in [0.2, 0.25) is 0 Å². The van der Waals surface area contributed by atoms with Crippen molar-refractivity contribution < 1.29 is 19.1 Å². The van der Waals surface area contributed by atoms with Crippen molar-refractivity contribution in [2.24, 2.45) is 0 Å². The summed E-state index contributed by atoms with van der Waals surface area (Å²) in [5, 5.41) is 0. The van der Waals surface area contributed by atoms with Crippen LogP contribution >= 0.6 is 0 Å². The summed E-state index contributed by atoms with van der Waals surface area (Å²) in [5.41, 5.74) is 1.05. The van der Waals surface area contributed by atoms with E-state index in [0.717, 1.165) is 19.3 Å². The van der Waals surface area contributed by atoms with Crippen molar-refractivity contribution in [3.05, 3.63) is 71.8 Å². The van der Waals surface area contributed by atoms with E-state index in [0.29, 0.717) is 17.5 Å². The van der Waals surface area contributed by atoms with Gasteiger partial charge in [-0.3, -0.25) is 0 Å². The zero-order valence-corrected chi connectivity index (χ0v) is 15.4. The largest absolute Gasteiger partial charge is 0.459 e. The lowest BCUT2D eigenvalue weighted by Gasteiger charge is -2.22. The predicted molar refractivity (Wildman–Crippen MR) is 101 cm³/mol. The van der Waals surface area contributed by atoms with Crippen molar-refractivity contribution in [1.82, 2.24) is 0 Å². The fourth-order valence-corrected chi connectivity index (χ4v) is 2.69. The van der Waals surface area contributed by atoms with Crippen LogP contribution < -0.4 is 0 Å². The molecule has 0 fully saturated rings. The van der Waals surface area contributed by atoms with Crippen LogP contribution in [0.1, 0.15) is 60.2 Å². The number of hydrogen-bond donors (Lipinski definition) is 0. The third-order valence-electron chi connectivity index (χ3n) is 4.08. The number of unbranched alkanes of at least 4 members (excludes halogenated alkanes) is 1. The summed E-state index contributed by atoms with van der Waals surface area (Å²) in [6, 6.07) is 17.8. The van der Waals surface area contributed by atoms with E-state index >= 15 is 0 Å². The first-order chi connectivity index (χ1) is 12.6. The average Bonchev–Trinajstić information content (AvgIpc) is 2.67. The second kappa shape index (κ2) is 10.4. The van der Waals surface area contributed by atoms with Crippen molar-refractivity contribution in [2.75, 3.05) is 0 Å². The van der Waals surface area contributed by atoms with E-state index in [1.54, 1.807) is 36.4 Å². The molecule has 0 spiro atoms. The highest BCUT2D eigenvalue weighted by Gasteiger charge is 2.21. The van der Waals surface area contributed by atoms with Gasteiger partial charge in [0.1, 0.15) is 12.2 Å². The molecular weight excluding hydrogens is 328 g/mol. The maximum Gasteiger partial charge on any atom is 0.338 e. The maximum absolute atomic E-state index is 12.3. The summed E-state index contributed by atoms with van der Waals surface area (Å²) in [6.07, 6.45) is 2.58. The van der Waals surface area contributed by atoms with Gasteiger partial charge < -0.3 is 9.47 Å². The molecule has 0 amide bonds. The van der Waals surface area contributed by atoms with E-state index in [2.05, 4.69) is 6.92 Å². The summed E-state index contributed by atoms with van der Waals surface area (Å²) in [6.45, 7) is 3.92. The Morgan fingerprint density at radius 3 is 1.85 bits per heavy atom. The lowest BCUT2D eigenvalue weighted by atomic mass is 10.1. The first-order valence-corrected chi connectivity index (χ1v) is 9.12. The average molecular weight is 354 g/mol. The highest BCUT2D eigenvalue weighted by atomic mass is 16.6. The Kier molecular flexibility index (Phi) is 7.87. The number of rotatable bonds is 9. The van der Waals surface area contributed by atoms with E-state index in [-0.39, 0.29) is 24.1 Å². The maximum atomic E-state index is 12.3. The summed E-state index contributed by atoms with van der Waals surface area (Å²) in [5.74, 6) is -0.699. The molecule has 0 aliphatic carbocycles. The van der Waals surface area contributed by atoms with Crippen LogP contribution in [0.25, 0.3) is 0 Å². The fourth-order valence-electron chi connectivity index (χ4n) is 2.69. The molecule has 2 rings (SSSR count). The number of carbonyl (C=O) groups is 2. The van der Waals surface area contributed by atoms with E-state index in [9.17, 15) is 9.59 Å². The number of carbonyl (C=O) groups excluding carboxylic acids is 2. The highest BCUT2D eigenvalue weighted by molar-refractivity contribution is 5.90. The van der Waals surface area contributed by atoms with Gasteiger partial charge in [0.05, 0.1) is 11.1 Å². The molecular formula is C22H26O4. The Balaban J connectivity index is 1.93. The molecule has 138 valence electrons. The van der Waals surface area contributed by atoms with Crippen LogP contribution in [0, 0.1) is 0 Å². The predicted octanol–water partition coefficient (Wildman–Crippen LogP) is 5.04. The Morgan fingerprint density at radius 1 is 0.846 bits per heavy atom. The molecule has 2 atom stereocenters. The van der Waals surface area contributed by atoms with Gasteiger partial charge in [0.15, 0.2) is 0 Å². The quantitative estimate of drug-likeness (QED) is 0.592. The van der Waals surface area contributed by atoms with Crippen molar-refractivity contribution in [2.45, 2.75) is 51.7 Å². The molecule has 4 nitrogen and oxygen atoms in total. The molecule has 0 radical (unpaired) electrons. The van der Waals surface area contributed by atoms with Crippen LogP contribution in [0.3, 0.4) is 0 Å². The Labute approximate surface area is 155 Å². The van der Waals surface area contributed by atoms with Crippen LogP contribution in [-0.2, 0) is 9.47 Å². The molecule has 0 aliphatic heterocycles. The van der Waals surface area contributed by atoms with E-state index in [1.165, 1.54) is 0 Å². The summed E-state index contributed by atoms with van der Waals surface area (Å²) >= 11 is 0. The smallest absolute Gasteiger partial charge is 0.338 e. The van der Waals surface area contributed by atoms with Gasteiger partial charge >= 0.3 is 11.9 Å². The Hall–Kier alpha value is -2.62. The van der Waals surface area contributed by atoms with Gasteiger partial charge in [0.25, 0.3) is 0 Å². The first kappa shape index (κ1) is 19.7. The minimum absolute atomic E-state index is 0.277. The number of hydrogen-bond acceptors (Lipinski definition) is 4. The lowest BCUT2D eigenvalue weighted by molar-refractivity contribution is 0.00130. The van der Waals surface area contributed by atoms with Gasteiger partial charge in [-0.15, -0.1) is 0 Å². The molecule has 26 heavy (non-hydrogen) atoms. The summed E-state index contributed by atoms with van der Waals surface area (Å²) in [7, 11) is 0. The third kappa shape index (κ3) is 6.36. The minimum Gasteiger partial charge on any atom is -0.459 e. The van der Waals surface area contributed by atoms with Crippen LogP contribution in [-0.4, -0.2) is 24.1 Å². The topological polar surface area (TPSA) is 52.6 Å². The van der Waals surface area contributed by atoms with E-state index in [1.807, 2.05) is 31.2 Å². The SMILES string of the molecule is CCCCC(CC(C)OC(=O)c1ccccc1)OC(=O)c1ccccc1. The number of benzene rings is 2. The molecule has 0 aromatic heterocycles. The Morgan fingerprint density at radius 2 is 1.35 bits per heavy atom. The molecule has 2 aromatic carbocycles. The molecule has 0 saturated heterocycles. The van der Waals surface area contributed by atoms with Crippen LogP contribution in [0.4, 0.5) is 0 Å². The molecule has 0 aliphatic rings. The van der Waals surface area contributed by atoms with E-state index in [4.69, 9.17) is 9.47 Å². The second-order valence-electron chi connectivity index (χ2n) is 6.35. The zero-order chi connectivity index (χ0) is 18.8. The third-order valence-corrected chi connectivity index (χ3v) is 4.08. The van der Waals surface area contributed by atoms with Gasteiger partial charge in [-0.05, 0) is 37.6 Å². The standard InChI is InChI=1S/C22H26O4/c1-3-4-15-20(26-22(24)19-13-9-6-10-14-19)16-17(2)25-21(23)18-11-7-5-8-12-18/h5-14,17,20H,3-4,15-16H2,1-2H3. The Bertz CT molecular complexity index is 682. The van der Waals surface area contributed by atoms with Gasteiger partial charge in [0.2, 0.25) is 0 Å². The molecule has 2 aromatic rings. The fraction of sp³-hybridized carbons (Fsp3) is 0.364. The van der Waals surface area contributed by atoms with E-state index < -0.39 is 0 Å². The molecule has 2 unspecified atom stereocenters. The summed E-state index contributed by atoms with van der Waals surface area (Å²) in [4.78, 5) is 24.5. The molecule has 0 saturated carbocycles.